The van der Waals surface area contributed by atoms with Gasteiger partial charge in [-0.05, 0) is 38.1 Å². The van der Waals surface area contributed by atoms with E-state index in [-0.39, 0.29) is 12.4 Å². The third-order valence-electron chi connectivity index (χ3n) is 4.64. The van der Waals surface area contributed by atoms with E-state index in [2.05, 4.69) is 15.1 Å². The van der Waals surface area contributed by atoms with Crippen LogP contribution in [0.3, 0.4) is 0 Å². The van der Waals surface area contributed by atoms with Crippen molar-refractivity contribution >= 4 is 23.2 Å². The van der Waals surface area contributed by atoms with Gasteiger partial charge < -0.3 is 14.8 Å². The molecule has 1 aromatic heterocycles. The smallest absolute Gasteiger partial charge is 0.158 e. The molecule has 130 valence electrons. The summed E-state index contributed by atoms with van der Waals surface area (Å²) in [6.45, 7) is 2.28. The fourth-order valence-electron chi connectivity index (χ4n) is 3.17. The lowest BCUT2D eigenvalue weighted by atomic mass is 9.95. The Labute approximate surface area is 150 Å². The zero-order chi connectivity index (χ0) is 17.3. The Kier molecular flexibility index (Phi) is 5.30. The zero-order valence-electron chi connectivity index (χ0n) is 13.4. The van der Waals surface area contributed by atoms with Crippen LogP contribution >= 0.6 is 23.2 Å². The standard InChI is InChI=1S/C16H20Cl2N4O2/c1-21-14(9-23)19-20-16(21)10-4-6-22(7-5-10)8-11-12(17)2-3-13(24)15(11)18/h2-3,10,23-24H,4-9H2,1H3. The summed E-state index contributed by atoms with van der Waals surface area (Å²) in [7, 11) is 1.89. The molecule has 3 rings (SSSR count). The van der Waals surface area contributed by atoms with Crippen molar-refractivity contribution in [3.63, 3.8) is 0 Å². The van der Waals surface area contributed by atoms with E-state index in [0.29, 0.717) is 28.3 Å². The Morgan fingerprint density at radius 3 is 2.54 bits per heavy atom. The van der Waals surface area contributed by atoms with Gasteiger partial charge in [0.15, 0.2) is 5.82 Å². The lowest BCUT2D eigenvalue weighted by Crippen LogP contribution is -2.33. The highest BCUT2D eigenvalue weighted by Crippen LogP contribution is 2.35. The molecule has 2 aromatic rings. The van der Waals surface area contributed by atoms with Crippen LogP contribution in [0, 0.1) is 0 Å². The number of phenols is 1. The van der Waals surface area contributed by atoms with Crippen LogP contribution in [-0.4, -0.2) is 43.0 Å². The third-order valence-corrected chi connectivity index (χ3v) is 5.42. The van der Waals surface area contributed by atoms with Crippen LogP contribution in [-0.2, 0) is 20.2 Å². The maximum absolute atomic E-state index is 9.75. The normalized spacial score (nSPS) is 16.7. The second-order valence-electron chi connectivity index (χ2n) is 6.10. The molecule has 0 saturated carbocycles. The van der Waals surface area contributed by atoms with Crippen molar-refractivity contribution in [2.45, 2.75) is 31.9 Å². The quantitative estimate of drug-likeness (QED) is 0.865. The van der Waals surface area contributed by atoms with E-state index in [1.54, 1.807) is 6.07 Å². The van der Waals surface area contributed by atoms with Crippen LogP contribution in [0.4, 0.5) is 0 Å². The number of hydrogen-bond donors (Lipinski definition) is 2. The first kappa shape index (κ1) is 17.5. The predicted octanol–water partition coefficient (Wildman–Crippen LogP) is 2.70. The van der Waals surface area contributed by atoms with Crippen LogP contribution in [0.2, 0.25) is 10.0 Å². The molecule has 0 bridgehead atoms. The van der Waals surface area contributed by atoms with Gasteiger partial charge in [0.1, 0.15) is 18.2 Å². The van der Waals surface area contributed by atoms with E-state index in [1.807, 2.05) is 11.6 Å². The van der Waals surface area contributed by atoms with Gasteiger partial charge in [0.05, 0.1) is 5.02 Å². The van der Waals surface area contributed by atoms with E-state index < -0.39 is 0 Å². The van der Waals surface area contributed by atoms with Gasteiger partial charge >= 0.3 is 0 Å². The van der Waals surface area contributed by atoms with Gasteiger partial charge in [0.25, 0.3) is 0 Å². The van der Waals surface area contributed by atoms with Crippen LogP contribution in [0.25, 0.3) is 0 Å². The Bertz CT molecular complexity index is 727. The third kappa shape index (κ3) is 3.37. The van der Waals surface area contributed by atoms with Gasteiger partial charge in [-0.25, -0.2) is 0 Å². The number of halogens is 2. The second kappa shape index (κ2) is 7.27. The number of hydrogen-bond acceptors (Lipinski definition) is 5. The monoisotopic (exact) mass is 370 g/mol. The molecule has 2 N–H and O–H groups in total. The lowest BCUT2D eigenvalue weighted by Gasteiger charge is -2.31. The second-order valence-corrected chi connectivity index (χ2v) is 6.89. The Balaban J connectivity index is 1.65. The number of nitrogens with zero attached hydrogens (tertiary/aromatic N) is 4. The highest BCUT2D eigenvalue weighted by Gasteiger charge is 2.26. The number of benzene rings is 1. The first-order valence-electron chi connectivity index (χ1n) is 7.88. The maximum atomic E-state index is 9.75. The fourth-order valence-corrected chi connectivity index (χ4v) is 3.66. The van der Waals surface area contributed by atoms with E-state index in [1.165, 1.54) is 6.07 Å². The first-order chi connectivity index (χ1) is 11.5. The highest BCUT2D eigenvalue weighted by atomic mass is 35.5. The molecule has 2 heterocycles. The molecule has 1 aliphatic heterocycles. The largest absolute Gasteiger partial charge is 0.506 e. The Hall–Kier alpha value is -1.34. The Morgan fingerprint density at radius 2 is 1.92 bits per heavy atom. The molecule has 0 atom stereocenters. The molecule has 1 fully saturated rings. The first-order valence-corrected chi connectivity index (χ1v) is 8.64. The summed E-state index contributed by atoms with van der Waals surface area (Å²) >= 11 is 12.4. The van der Waals surface area contributed by atoms with Gasteiger partial charge in [-0.2, -0.15) is 0 Å². The molecule has 1 aromatic carbocycles. The SMILES string of the molecule is Cn1c(CO)nnc1C1CCN(Cc2c(Cl)ccc(O)c2Cl)CC1. The van der Waals surface area contributed by atoms with Crippen LogP contribution in [0.5, 0.6) is 5.75 Å². The van der Waals surface area contributed by atoms with Crippen LogP contribution < -0.4 is 0 Å². The van der Waals surface area contributed by atoms with E-state index in [4.69, 9.17) is 23.2 Å². The van der Waals surface area contributed by atoms with Gasteiger partial charge in [-0.3, -0.25) is 4.90 Å². The predicted molar refractivity (Wildman–Crippen MR) is 92.3 cm³/mol. The average Bonchev–Trinajstić information content (AvgIpc) is 2.96. The highest BCUT2D eigenvalue weighted by molar-refractivity contribution is 6.36. The van der Waals surface area contributed by atoms with E-state index in [0.717, 1.165) is 37.3 Å². The van der Waals surface area contributed by atoms with Crippen molar-refractivity contribution in [2.75, 3.05) is 13.1 Å². The molecule has 24 heavy (non-hydrogen) atoms. The van der Waals surface area contributed by atoms with E-state index in [9.17, 15) is 10.2 Å². The lowest BCUT2D eigenvalue weighted by molar-refractivity contribution is 0.200. The number of rotatable bonds is 4. The minimum atomic E-state index is -0.100. The summed E-state index contributed by atoms with van der Waals surface area (Å²) in [6, 6.07) is 3.17. The van der Waals surface area contributed by atoms with Crippen molar-refractivity contribution in [2.24, 2.45) is 7.05 Å². The minimum absolute atomic E-state index is 0.0570. The van der Waals surface area contributed by atoms with Crippen molar-refractivity contribution in [3.8, 4) is 5.75 Å². The Morgan fingerprint density at radius 1 is 1.21 bits per heavy atom. The topological polar surface area (TPSA) is 74.4 Å². The number of aromatic hydroxyl groups is 1. The minimum Gasteiger partial charge on any atom is -0.506 e. The summed E-state index contributed by atoms with van der Waals surface area (Å²) in [5, 5.41) is 28.1. The zero-order valence-corrected chi connectivity index (χ0v) is 14.9. The van der Waals surface area contributed by atoms with Gasteiger partial charge in [-0.1, -0.05) is 23.2 Å². The summed E-state index contributed by atoms with van der Waals surface area (Å²) in [5.41, 5.74) is 0.762. The number of aliphatic hydroxyl groups excluding tert-OH is 1. The molecule has 0 aliphatic carbocycles. The number of aliphatic hydroxyl groups is 1. The van der Waals surface area contributed by atoms with Crippen molar-refractivity contribution in [1.82, 2.24) is 19.7 Å². The number of likely N-dealkylation sites (tertiary alicyclic amines) is 1. The molecular formula is C16H20Cl2N4O2. The van der Waals surface area contributed by atoms with E-state index >= 15 is 0 Å². The summed E-state index contributed by atoms with van der Waals surface area (Å²) in [5.74, 6) is 1.90. The molecule has 0 spiro atoms. The van der Waals surface area contributed by atoms with Crippen LogP contribution in [0.15, 0.2) is 12.1 Å². The van der Waals surface area contributed by atoms with Gasteiger partial charge in [0, 0.05) is 30.1 Å². The molecule has 0 radical (unpaired) electrons. The molecule has 0 amide bonds. The molecule has 8 heteroatoms. The van der Waals surface area contributed by atoms with Crippen molar-refractivity contribution in [3.05, 3.63) is 39.4 Å². The summed E-state index contributed by atoms with van der Waals surface area (Å²) in [4.78, 5) is 2.27. The number of piperidine rings is 1. The molecule has 1 saturated heterocycles. The maximum Gasteiger partial charge on any atom is 0.158 e. The number of phenolic OH excluding ortho intramolecular Hbond substituents is 1. The van der Waals surface area contributed by atoms with Crippen molar-refractivity contribution < 1.29 is 10.2 Å². The van der Waals surface area contributed by atoms with Crippen molar-refractivity contribution in [1.29, 1.82) is 0 Å². The van der Waals surface area contributed by atoms with Crippen LogP contribution in [0.1, 0.15) is 36.0 Å². The fraction of sp³-hybridized carbons (Fsp3) is 0.500. The molecular weight excluding hydrogens is 351 g/mol. The summed E-state index contributed by atoms with van der Waals surface area (Å²) < 4.78 is 1.88. The molecule has 6 nitrogen and oxygen atoms in total. The van der Waals surface area contributed by atoms with Gasteiger partial charge in [-0.15, -0.1) is 10.2 Å². The number of aromatic nitrogens is 3. The molecule has 1 aliphatic rings. The summed E-state index contributed by atoms with van der Waals surface area (Å²) in [6.07, 6.45) is 1.90. The van der Waals surface area contributed by atoms with Gasteiger partial charge in [0.2, 0.25) is 0 Å². The average molecular weight is 371 g/mol. The molecule has 0 unspecified atom stereocenters.